The molecule has 8 heteroatoms. The molecule has 1 atom stereocenters. The molecule has 0 radical (unpaired) electrons. The fourth-order valence-electron chi connectivity index (χ4n) is 1.34. The third kappa shape index (κ3) is 3.81. The number of hydrogen-bond donors (Lipinski definition) is 3. The van der Waals surface area contributed by atoms with Gasteiger partial charge in [0, 0.05) is 12.2 Å². The molecule has 18 heavy (non-hydrogen) atoms. The van der Waals surface area contributed by atoms with Crippen molar-refractivity contribution in [3.8, 4) is 0 Å². The molecular weight excluding hydrogens is 258 g/mol. The van der Waals surface area contributed by atoms with Gasteiger partial charge in [-0.3, -0.25) is 9.89 Å². The standard InChI is InChI=1S/C10H17N3O4S/c1-10(2,3)8(4-9(14)15)13-18(16,17)7-5-11-12-6-7/h5-6,8,13H,4H2,1-3H3,(H,11,12)(H,14,15). The molecule has 0 spiro atoms. The van der Waals surface area contributed by atoms with E-state index in [9.17, 15) is 13.2 Å². The maximum Gasteiger partial charge on any atom is 0.304 e. The summed E-state index contributed by atoms with van der Waals surface area (Å²) in [6.45, 7) is 5.33. The summed E-state index contributed by atoms with van der Waals surface area (Å²) in [5.74, 6) is -1.05. The number of carboxylic acid groups (broad SMARTS) is 1. The number of sulfonamides is 1. The summed E-state index contributed by atoms with van der Waals surface area (Å²) in [5, 5.41) is 14.8. The van der Waals surface area contributed by atoms with Crippen molar-refractivity contribution < 1.29 is 18.3 Å². The van der Waals surface area contributed by atoms with Crippen molar-refractivity contribution in [1.29, 1.82) is 0 Å². The van der Waals surface area contributed by atoms with Crippen molar-refractivity contribution in [2.24, 2.45) is 5.41 Å². The number of nitrogens with one attached hydrogen (secondary N) is 2. The molecular formula is C10H17N3O4S. The molecule has 0 aliphatic rings. The van der Waals surface area contributed by atoms with Crippen LogP contribution in [0.2, 0.25) is 0 Å². The Morgan fingerprint density at radius 2 is 2.17 bits per heavy atom. The predicted molar refractivity (Wildman–Crippen MR) is 64.4 cm³/mol. The van der Waals surface area contributed by atoms with Gasteiger partial charge in [-0.25, -0.2) is 13.1 Å². The Kier molecular flexibility index (Phi) is 4.12. The van der Waals surface area contributed by atoms with Crippen LogP contribution in [0.3, 0.4) is 0 Å². The second-order valence-corrected chi connectivity index (χ2v) is 6.79. The SMILES string of the molecule is CC(C)(C)C(CC(=O)O)NS(=O)(=O)c1cn[nH]c1. The van der Waals surface area contributed by atoms with Crippen LogP contribution in [0.5, 0.6) is 0 Å². The van der Waals surface area contributed by atoms with Gasteiger partial charge in [-0.1, -0.05) is 20.8 Å². The van der Waals surface area contributed by atoms with Crippen molar-refractivity contribution >= 4 is 16.0 Å². The minimum atomic E-state index is -3.75. The summed E-state index contributed by atoms with van der Waals surface area (Å²) in [6.07, 6.45) is 2.13. The number of aromatic nitrogens is 2. The molecule has 1 unspecified atom stereocenters. The number of aliphatic carboxylic acids is 1. The zero-order chi connectivity index (χ0) is 14.0. The monoisotopic (exact) mass is 275 g/mol. The molecule has 3 N–H and O–H groups in total. The van der Waals surface area contributed by atoms with Gasteiger partial charge in [-0.2, -0.15) is 5.10 Å². The van der Waals surface area contributed by atoms with E-state index in [-0.39, 0.29) is 11.3 Å². The van der Waals surface area contributed by atoms with Crippen LogP contribution in [0.15, 0.2) is 17.3 Å². The van der Waals surface area contributed by atoms with Crippen LogP contribution in [-0.2, 0) is 14.8 Å². The summed E-state index contributed by atoms with van der Waals surface area (Å²) in [5.41, 5.74) is -0.505. The summed E-state index contributed by atoms with van der Waals surface area (Å²) in [4.78, 5) is 10.8. The maximum atomic E-state index is 12.0. The zero-order valence-corrected chi connectivity index (χ0v) is 11.3. The maximum absolute atomic E-state index is 12.0. The highest BCUT2D eigenvalue weighted by Crippen LogP contribution is 2.23. The molecule has 1 aromatic rings. The van der Waals surface area contributed by atoms with Gasteiger partial charge >= 0.3 is 5.97 Å². The lowest BCUT2D eigenvalue weighted by Crippen LogP contribution is -2.44. The van der Waals surface area contributed by atoms with Gasteiger partial charge in [0.05, 0.1) is 12.6 Å². The van der Waals surface area contributed by atoms with Gasteiger partial charge in [0.15, 0.2) is 0 Å². The lowest BCUT2D eigenvalue weighted by Gasteiger charge is -2.29. The summed E-state index contributed by atoms with van der Waals surface area (Å²) >= 11 is 0. The first kappa shape index (κ1) is 14.7. The number of aromatic amines is 1. The average molecular weight is 275 g/mol. The number of carboxylic acids is 1. The predicted octanol–water partition coefficient (Wildman–Crippen LogP) is 0.577. The van der Waals surface area contributed by atoms with Gasteiger partial charge in [-0.15, -0.1) is 0 Å². The Hall–Kier alpha value is -1.41. The van der Waals surface area contributed by atoms with E-state index >= 15 is 0 Å². The number of H-pyrrole nitrogens is 1. The van der Waals surface area contributed by atoms with Gasteiger partial charge in [0.2, 0.25) is 10.0 Å². The Labute approximate surface area is 106 Å². The van der Waals surface area contributed by atoms with E-state index in [1.807, 2.05) is 0 Å². The van der Waals surface area contributed by atoms with Gasteiger partial charge in [0.1, 0.15) is 4.90 Å². The molecule has 102 valence electrons. The van der Waals surface area contributed by atoms with E-state index in [1.54, 1.807) is 20.8 Å². The first-order chi connectivity index (χ1) is 8.13. The third-order valence-electron chi connectivity index (χ3n) is 2.50. The summed E-state index contributed by atoms with van der Waals surface area (Å²) < 4.78 is 26.3. The van der Waals surface area contributed by atoms with Crippen LogP contribution in [0, 0.1) is 5.41 Å². The minimum absolute atomic E-state index is 0.0119. The highest BCUT2D eigenvalue weighted by Gasteiger charge is 2.31. The van der Waals surface area contributed by atoms with Crippen molar-refractivity contribution in [2.75, 3.05) is 0 Å². The summed E-state index contributed by atoms with van der Waals surface area (Å²) in [6, 6.07) is -0.699. The number of nitrogens with zero attached hydrogens (tertiary/aromatic N) is 1. The fraction of sp³-hybridized carbons (Fsp3) is 0.600. The number of hydrogen-bond acceptors (Lipinski definition) is 4. The van der Waals surface area contributed by atoms with Crippen molar-refractivity contribution in [1.82, 2.24) is 14.9 Å². The summed E-state index contributed by atoms with van der Waals surface area (Å²) in [7, 11) is -3.75. The van der Waals surface area contributed by atoms with Crippen LogP contribution in [-0.4, -0.2) is 35.7 Å². The zero-order valence-electron chi connectivity index (χ0n) is 10.5. The molecule has 0 aromatic carbocycles. The van der Waals surface area contributed by atoms with Gasteiger partial charge in [-0.05, 0) is 5.41 Å². The molecule has 0 bridgehead atoms. The van der Waals surface area contributed by atoms with E-state index in [0.717, 1.165) is 0 Å². The third-order valence-corrected chi connectivity index (χ3v) is 3.94. The average Bonchev–Trinajstić information content (AvgIpc) is 2.66. The van der Waals surface area contributed by atoms with E-state index in [4.69, 9.17) is 5.11 Å². The van der Waals surface area contributed by atoms with Crippen LogP contribution in [0.4, 0.5) is 0 Å². The Morgan fingerprint density at radius 1 is 1.56 bits per heavy atom. The van der Waals surface area contributed by atoms with E-state index in [0.29, 0.717) is 0 Å². The fourth-order valence-corrected chi connectivity index (χ4v) is 2.69. The quantitative estimate of drug-likeness (QED) is 0.727. The van der Waals surface area contributed by atoms with Crippen LogP contribution in [0.1, 0.15) is 27.2 Å². The van der Waals surface area contributed by atoms with Crippen LogP contribution >= 0.6 is 0 Å². The highest BCUT2D eigenvalue weighted by atomic mass is 32.2. The van der Waals surface area contributed by atoms with E-state index in [1.165, 1.54) is 12.4 Å². The van der Waals surface area contributed by atoms with Gasteiger partial charge in [0.25, 0.3) is 0 Å². The van der Waals surface area contributed by atoms with Crippen LogP contribution < -0.4 is 4.72 Å². The molecule has 1 heterocycles. The molecule has 0 fully saturated rings. The first-order valence-corrected chi connectivity index (χ1v) is 6.84. The van der Waals surface area contributed by atoms with Crippen molar-refractivity contribution in [2.45, 2.75) is 38.1 Å². The molecule has 0 saturated heterocycles. The number of rotatable bonds is 5. The molecule has 7 nitrogen and oxygen atoms in total. The van der Waals surface area contributed by atoms with E-state index in [2.05, 4.69) is 14.9 Å². The van der Waals surface area contributed by atoms with Crippen molar-refractivity contribution in [3.05, 3.63) is 12.4 Å². The molecule has 0 aliphatic carbocycles. The normalized spacial score (nSPS) is 14.4. The second kappa shape index (κ2) is 5.07. The van der Waals surface area contributed by atoms with Crippen molar-refractivity contribution in [3.63, 3.8) is 0 Å². The minimum Gasteiger partial charge on any atom is -0.481 e. The Bertz CT molecular complexity index is 502. The lowest BCUT2D eigenvalue weighted by molar-refractivity contribution is -0.138. The first-order valence-electron chi connectivity index (χ1n) is 5.36. The highest BCUT2D eigenvalue weighted by molar-refractivity contribution is 7.89. The molecule has 1 rings (SSSR count). The lowest BCUT2D eigenvalue weighted by atomic mass is 9.85. The van der Waals surface area contributed by atoms with Crippen LogP contribution in [0.25, 0.3) is 0 Å². The Morgan fingerprint density at radius 3 is 2.56 bits per heavy atom. The smallest absolute Gasteiger partial charge is 0.304 e. The van der Waals surface area contributed by atoms with Gasteiger partial charge < -0.3 is 5.11 Å². The molecule has 0 saturated carbocycles. The molecule has 0 aliphatic heterocycles. The van der Waals surface area contributed by atoms with E-state index < -0.39 is 27.4 Å². The Balaban J connectivity index is 2.94. The topological polar surface area (TPSA) is 112 Å². The largest absolute Gasteiger partial charge is 0.481 e. The molecule has 0 amide bonds. The second-order valence-electron chi connectivity index (χ2n) is 5.07. The molecule has 1 aromatic heterocycles. The number of carbonyl (C=O) groups is 1.